The standard InChI is InChI=1S/C11H13N3O5/c1-2-19-8(15)6-7-9(14(17)18)10-12-4-3-5-13(10)11(7)16/h6,12H,2-5H2,1H3/b7-6+. The molecule has 0 bridgehead atoms. The van der Waals surface area contributed by atoms with Gasteiger partial charge in [-0.2, -0.15) is 0 Å². The largest absolute Gasteiger partial charge is 0.463 e. The highest BCUT2D eigenvalue weighted by molar-refractivity contribution is 6.06. The third-order valence-corrected chi connectivity index (χ3v) is 2.81. The van der Waals surface area contributed by atoms with E-state index in [2.05, 4.69) is 10.1 Å². The van der Waals surface area contributed by atoms with Gasteiger partial charge in [0.1, 0.15) is 5.57 Å². The van der Waals surface area contributed by atoms with Crippen molar-refractivity contribution in [3.63, 3.8) is 0 Å². The SMILES string of the molecule is CCOC(=O)/C=C1/C(=O)N2CCCNC2=C1[N+](=O)[O-]. The number of carbonyl (C=O) groups excluding carboxylic acids is 2. The van der Waals surface area contributed by atoms with E-state index in [9.17, 15) is 19.7 Å². The lowest BCUT2D eigenvalue weighted by molar-refractivity contribution is -0.421. The molecule has 0 aromatic rings. The molecule has 2 heterocycles. The van der Waals surface area contributed by atoms with Crippen LogP contribution in [0.2, 0.25) is 0 Å². The van der Waals surface area contributed by atoms with Crippen LogP contribution in [0.1, 0.15) is 13.3 Å². The second-order valence-electron chi connectivity index (χ2n) is 4.00. The quantitative estimate of drug-likeness (QED) is 0.327. The summed E-state index contributed by atoms with van der Waals surface area (Å²) in [5.74, 6) is -1.13. The normalized spacial score (nSPS) is 20.4. The first-order valence-corrected chi connectivity index (χ1v) is 5.89. The fourth-order valence-electron chi connectivity index (χ4n) is 2.06. The number of hydrogen-bond donors (Lipinski definition) is 1. The van der Waals surface area contributed by atoms with E-state index >= 15 is 0 Å². The molecule has 0 unspecified atom stereocenters. The number of nitro groups is 1. The van der Waals surface area contributed by atoms with Crippen LogP contribution < -0.4 is 5.32 Å². The number of rotatable bonds is 3. The van der Waals surface area contributed by atoms with Gasteiger partial charge in [0.05, 0.1) is 11.5 Å². The van der Waals surface area contributed by atoms with Gasteiger partial charge < -0.3 is 10.1 Å². The molecule has 2 rings (SSSR count). The van der Waals surface area contributed by atoms with Gasteiger partial charge in [-0.1, -0.05) is 0 Å². The Balaban J connectivity index is 2.42. The number of nitrogens with one attached hydrogen (secondary N) is 1. The molecule has 8 nitrogen and oxygen atoms in total. The Morgan fingerprint density at radius 2 is 2.37 bits per heavy atom. The van der Waals surface area contributed by atoms with Gasteiger partial charge in [0.25, 0.3) is 5.91 Å². The van der Waals surface area contributed by atoms with E-state index in [0.717, 1.165) is 6.08 Å². The number of carbonyl (C=O) groups is 2. The van der Waals surface area contributed by atoms with E-state index in [4.69, 9.17) is 0 Å². The van der Waals surface area contributed by atoms with Crippen LogP contribution in [-0.4, -0.2) is 41.4 Å². The molecule has 102 valence electrons. The predicted molar refractivity (Wildman–Crippen MR) is 63.1 cm³/mol. The minimum Gasteiger partial charge on any atom is -0.463 e. The second kappa shape index (κ2) is 5.09. The van der Waals surface area contributed by atoms with Crippen LogP contribution in [0.15, 0.2) is 23.2 Å². The van der Waals surface area contributed by atoms with Crippen molar-refractivity contribution in [2.24, 2.45) is 0 Å². The average molecular weight is 267 g/mol. The van der Waals surface area contributed by atoms with Crippen LogP contribution >= 0.6 is 0 Å². The highest BCUT2D eigenvalue weighted by atomic mass is 16.6. The highest BCUT2D eigenvalue weighted by Crippen LogP contribution is 2.29. The van der Waals surface area contributed by atoms with Crippen LogP contribution in [-0.2, 0) is 14.3 Å². The molecule has 0 aromatic heterocycles. The summed E-state index contributed by atoms with van der Waals surface area (Å²) in [5, 5.41) is 13.9. The third-order valence-electron chi connectivity index (χ3n) is 2.81. The predicted octanol–water partition coefficient (Wildman–Crippen LogP) is -0.243. The molecule has 2 aliphatic heterocycles. The number of fused-ring (bicyclic) bond motifs is 1. The Bertz CT molecular complexity index is 508. The van der Waals surface area contributed by atoms with E-state index in [1.54, 1.807) is 6.92 Å². The Morgan fingerprint density at radius 3 is 3.00 bits per heavy atom. The van der Waals surface area contributed by atoms with E-state index in [-0.39, 0.29) is 23.7 Å². The van der Waals surface area contributed by atoms with Gasteiger partial charge in [-0.15, -0.1) is 0 Å². The highest BCUT2D eigenvalue weighted by Gasteiger charge is 2.44. The fourth-order valence-corrected chi connectivity index (χ4v) is 2.06. The van der Waals surface area contributed by atoms with Crippen LogP contribution in [0, 0.1) is 10.1 Å². The summed E-state index contributed by atoms with van der Waals surface area (Å²) >= 11 is 0. The maximum absolute atomic E-state index is 12.1. The number of nitrogens with zero attached hydrogens (tertiary/aromatic N) is 2. The molecule has 0 saturated carbocycles. The summed E-state index contributed by atoms with van der Waals surface area (Å²) in [4.78, 5) is 35.2. The molecule has 0 atom stereocenters. The van der Waals surface area contributed by atoms with E-state index in [0.29, 0.717) is 19.5 Å². The molecule has 1 saturated heterocycles. The van der Waals surface area contributed by atoms with Crippen molar-refractivity contribution in [1.82, 2.24) is 10.2 Å². The molecule has 0 radical (unpaired) electrons. The van der Waals surface area contributed by atoms with Crippen molar-refractivity contribution in [3.8, 4) is 0 Å². The Kier molecular flexibility index (Phi) is 3.50. The molecular formula is C11H13N3O5. The van der Waals surface area contributed by atoms with Crippen molar-refractivity contribution in [3.05, 3.63) is 33.3 Å². The maximum atomic E-state index is 12.1. The van der Waals surface area contributed by atoms with E-state index < -0.39 is 16.8 Å². The molecule has 2 aliphatic rings. The molecule has 1 N–H and O–H groups in total. The zero-order valence-electron chi connectivity index (χ0n) is 10.3. The van der Waals surface area contributed by atoms with Gasteiger partial charge in [0.2, 0.25) is 0 Å². The van der Waals surface area contributed by atoms with Gasteiger partial charge in [-0.25, -0.2) is 4.79 Å². The van der Waals surface area contributed by atoms with Gasteiger partial charge >= 0.3 is 11.7 Å². The number of esters is 1. The molecule has 1 fully saturated rings. The number of ether oxygens (including phenoxy) is 1. The number of hydrogen-bond acceptors (Lipinski definition) is 6. The van der Waals surface area contributed by atoms with Crippen LogP contribution in [0.25, 0.3) is 0 Å². The van der Waals surface area contributed by atoms with Gasteiger partial charge in [0, 0.05) is 19.2 Å². The van der Waals surface area contributed by atoms with Gasteiger partial charge in [0.15, 0.2) is 5.82 Å². The minimum atomic E-state index is -0.759. The summed E-state index contributed by atoms with van der Waals surface area (Å²) in [6.07, 6.45) is 1.59. The molecule has 8 heteroatoms. The first kappa shape index (κ1) is 13.1. The van der Waals surface area contributed by atoms with Gasteiger partial charge in [-0.05, 0) is 13.3 Å². The first-order valence-electron chi connectivity index (χ1n) is 5.89. The Morgan fingerprint density at radius 1 is 1.63 bits per heavy atom. The van der Waals surface area contributed by atoms with Crippen molar-refractivity contribution in [2.45, 2.75) is 13.3 Å². The van der Waals surface area contributed by atoms with E-state index in [1.165, 1.54) is 4.90 Å². The van der Waals surface area contributed by atoms with Crippen molar-refractivity contribution in [2.75, 3.05) is 19.7 Å². The zero-order chi connectivity index (χ0) is 14.0. The summed E-state index contributed by atoms with van der Waals surface area (Å²) in [5.41, 5.74) is -0.592. The third kappa shape index (κ3) is 2.28. The molecule has 0 spiro atoms. The Hall–Kier alpha value is -2.38. The molecule has 1 amide bonds. The monoisotopic (exact) mass is 267 g/mol. The lowest BCUT2D eigenvalue weighted by Crippen LogP contribution is -2.39. The summed E-state index contributed by atoms with van der Waals surface area (Å²) in [6, 6.07) is 0. The summed E-state index contributed by atoms with van der Waals surface area (Å²) in [7, 11) is 0. The first-order chi connectivity index (χ1) is 9.06. The minimum absolute atomic E-state index is 0.142. The summed E-state index contributed by atoms with van der Waals surface area (Å²) < 4.78 is 4.68. The van der Waals surface area contributed by atoms with Crippen molar-refractivity contribution < 1.29 is 19.2 Å². The second-order valence-corrected chi connectivity index (χ2v) is 4.00. The molecule has 19 heavy (non-hydrogen) atoms. The fraction of sp³-hybridized carbons (Fsp3) is 0.455. The lowest BCUT2D eigenvalue weighted by Gasteiger charge is -2.24. The lowest BCUT2D eigenvalue weighted by atomic mass is 10.2. The Labute approximate surface area is 108 Å². The van der Waals surface area contributed by atoms with Crippen LogP contribution in [0.5, 0.6) is 0 Å². The smallest absolute Gasteiger partial charge is 0.331 e. The van der Waals surface area contributed by atoms with Crippen LogP contribution in [0.3, 0.4) is 0 Å². The van der Waals surface area contributed by atoms with Gasteiger partial charge in [-0.3, -0.25) is 19.8 Å². The zero-order valence-corrected chi connectivity index (χ0v) is 10.3. The van der Waals surface area contributed by atoms with Crippen LogP contribution in [0.4, 0.5) is 0 Å². The topological polar surface area (TPSA) is 102 Å². The molecular weight excluding hydrogens is 254 g/mol. The number of amides is 1. The van der Waals surface area contributed by atoms with E-state index in [1.807, 2.05) is 0 Å². The molecule has 0 aliphatic carbocycles. The van der Waals surface area contributed by atoms with Crippen molar-refractivity contribution >= 4 is 11.9 Å². The van der Waals surface area contributed by atoms with Crippen molar-refractivity contribution in [1.29, 1.82) is 0 Å². The maximum Gasteiger partial charge on any atom is 0.331 e. The molecule has 0 aromatic carbocycles. The average Bonchev–Trinajstić information content (AvgIpc) is 2.64. The summed E-state index contributed by atoms with van der Waals surface area (Å²) in [6.45, 7) is 2.72.